The van der Waals surface area contributed by atoms with Crippen molar-refractivity contribution in [1.29, 1.82) is 0 Å². The summed E-state index contributed by atoms with van der Waals surface area (Å²) in [5, 5.41) is 0. The SMILES string of the molecule is C=C(N(C)C)N(/C=C/C)[C@H](C)CCC(C)C/C(C)=C/[P+](C)(C)CC. The molecule has 0 aromatic carbocycles. The molecule has 0 aliphatic carbocycles. The molecule has 3 heteroatoms. The first-order valence-electron chi connectivity index (χ1n) is 9.32. The first-order valence-corrected chi connectivity index (χ1v) is 12.3. The minimum Gasteiger partial charge on any atom is -0.365 e. The van der Waals surface area contributed by atoms with Crippen molar-refractivity contribution >= 4 is 7.26 Å². The molecule has 0 aliphatic rings. The molecule has 0 heterocycles. The van der Waals surface area contributed by atoms with Crippen molar-refractivity contribution in [1.82, 2.24) is 9.80 Å². The van der Waals surface area contributed by atoms with Crippen LogP contribution in [0.25, 0.3) is 0 Å². The zero-order chi connectivity index (χ0) is 18.9. The molecule has 2 nitrogen and oxygen atoms in total. The smallest absolute Gasteiger partial charge is 0.100 e. The summed E-state index contributed by atoms with van der Waals surface area (Å²) in [5.41, 5.74) is 1.58. The molecule has 0 saturated carbocycles. The molecular formula is C21H42N2P+. The molecular weight excluding hydrogens is 311 g/mol. The number of hydrogen-bond acceptors (Lipinski definition) is 2. The normalized spacial score (nSPS) is 15.5. The highest BCUT2D eigenvalue weighted by Crippen LogP contribution is 2.53. The van der Waals surface area contributed by atoms with Gasteiger partial charge in [0.1, 0.15) is 5.82 Å². The van der Waals surface area contributed by atoms with Gasteiger partial charge < -0.3 is 9.80 Å². The largest absolute Gasteiger partial charge is 0.365 e. The van der Waals surface area contributed by atoms with Crippen molar-refractivity contribution in [2.24, 2.45) is 5.92 Å². The Bertz CT molecular complexity index is 435. The molecule has 0 aromatic heterocycles. The topological polar surface area (TPSA) is 6.48 Å². The molecule has 140 valence electrons. The lowest BCUT2D eigenvalue weighted by atomic mass is 9.96. The Balaban J connectivity index is 4.62. The van der Waals surface area contributed by atoms with Crippen molar-refractivity contribution in [2.45, 2.75) is 59.9 Å². The average Bonchev–Trinajstić information content (AvgIpc) is 2.48. The lowest BCUT2D eigenvalue weighted by Crippen LogP contribution is -2.33. The van der Waals surface area contributed by atoms with Gasteiger partial charge >= 0.3 is 0 Å². The zero-order valence-electron chi connectivity index (χ0n) is 17.8. The van der Waals surface area contributed by atoms with Gasteiger partial charge in [-0.3, -0.25) is 0 Å². The molecule has 0 saturated heterocycles. The van der Waals surface area contributed by atoms with Crippen LogP contribution in [0.1, 0.15) is 53.9 Å². The van der Waals surface area contributed by atoms with E-state index < -0.39 is 7.26 Å². The molecule has 0 radical (unpaired) electrons. The quantitative estimate of drug-likeness (QED) is 0.405. The van der Waals surface area contributed by atoms with Crippen LogP contribution in [0.2, 0.25) is 0 Å². The van der Waals surface area contributed by atoms with Gasteiger partial charge in [0, 0.05) is 33.6 Å². The van der Waals surface area contributed by atoms with E-state index in [-0.39, 0.29) is 0 Å². The van der Waals surface area contributed by atoms with Crippen LogP contribution in [-0.4, -0.2) is 49.4 Å². The third-order valence-corrected chi connectivity index (χ3v) is 7.50. The van der Waals surface area contributed by atoms with E-state index in [1.807, 2.05) is 0 Å². The zero-order valence-corrected chi connectivity index (χ0v) is 18.7. The van der Waals surface area contributed by atoms with Crippen LogP contribution >= 0.6 is 7.26 Å². The van der Waals surface area contributed by atoms with E-state index in [4.69, 9.17) is 0 Å². The van der Waals surface area contributed by atoms with E-state index in [0.717, 1.165) is 11.7 Å². The van der Waals surface area contributed by atoms with Gasteiger partial charge in [-0.15, -0.1) is 0 Å². The van der Waals surface area contributed by atoms with E-state index >= 15 is 0 Å². The second kappa shape index (κ2) is 11.0. The fraction of sp³-hybridized carbons (Fsp3) is 0.714. The summed E-state index contributed by atoms with van der Waals surface area (Å²) in [7, 11) is 3.29. The van der Waals surface area contributed by atoms with Gasteiger partial charge in [-0.05, 0) is 58.4 Å². The molecule has 0 rings (SSSR count). The first kappa shape index (κ1) is 23.2. The molecule has 0 spiro atoms. The molecule has 2 atom stereocenters. The number of hydrogen-bond donors (Lipinski definition) is 0. The maximum Gasteiger partial charge on any atom is 0.100 e. The predicted molar refractivity (Wildman–Crippen MR) is 115 cm³/mol. The van der Waals surface area contributed by atoms with Crippen LogP contribution in [0.3, 0.4) is 0 Å². The van der Waals surface area contributed by atoms with Crippen LogP contribution in [0, 0.1) is 5.92 Å². The van der Waals surface area contributed by atoms with E-state index in [0.29, 0.717) is 6.04 Å². The molecule has 0 fully saturated rings. The van der Waals surface area contributed by atoms with Crippen molar-refractivity contribution in [3.63, 3.8) is 0 Å². The number of nitrogens with zero attached hydrogens (tertiary/aromatic N) is 2. The Hall–Kier alpha value is -0.750. The maximum absolute atomic E-state index is 4.21. The molecule has 0 bridgehead atoms. The Kier molecular flexibility index (Phi) is 10.6. The van der Waals surface area contributed by atoms with Gasteiger partial charge in [0.15, 0.2) is 0 Å². The molecule has 24 heavy (non-hydrogen) atoms. The molecule has 0 N–H and O–H groups in total. The summed E-state index contributed by atoms with van der Waals surface area (Å²) < 4.78 is 0. The van der Waals surface area contributed by atoms with Crippen LogP contribution in [0.15, 0.2) is 36.1 Å². The molecule has 1 unspecified atom stereocenters. The Labute approximate surface area is 153 Å². The fourth-order valence-electron chi connectivity index (χ4n) is 2.94. The van der Waals surface area contributed by atoms with Crippen LogP contribution in [-0.2, 0) is 0 Å². The van der Waals surface area contributed by atoms with Gasteiger partial charge in [-0.1, -0.05) is 19.6 Å². The van der Waals surface area contributed by atoms with Crippen LogP contribution in [0.5, 0.6) is 0 Å². The van der Waals surface area contributed by atoms with Crippen LogP contribution < -0.4 is 0 Å². The van der Waals surface area contributed by atoms with Gasteiger partial charge in [-0.2, -0.15) is 0 Å². The second-order valence-corrected chi connectivity index (χ2v) is 12.5. The fourth-order valence-corrected chi connectivity index (χ4v) is 4.42. The third kappa shape index (κ3) is 8.92. The standard InChI is InChI=1S/C21H42N2P/c1-11-15-23(21(6)22(7)8)20(5)14-13-18(3)16-19(4)17-24(9,10)12-2/h11,15,17-18,20H,6,12-14,16H2,1-5,7-10H3/q+1/b15-11+,19-17+/t18?,20-/m1/s1. The highest BCUT2D eigenvalue weighted by Gasteiger charge is 2.20. The van der Waals surface area contributed by atoms with Gasteiger partial charge in [0.2, 0.25) is 0 Å². The summed E-state index contributed by atoms with van der Waals surface area (Å²) in [6.07, 6.45) is 9.23. The van der Waals surface area contributed by atoms with Crippen molar-refractivity contribution in [3.05, 3.63) is 36.1 Å². The Morgan fingerprint density at radius 1 is 1.17 bits per heavy atom. The summed E-state index contributed by atoms with van der Waals surface area (Å²) in [6.45, 7) is 20.5. The van der Waals surface area contributed by atoms with Gasteiger partial charge in [0.25, 0.3) is 0 Å². The number of rotatable bonds is 11. The molecule has 0 aromatic rings. The van der Waals surface area contributed by atoms with Crippen molar-refractivity contribution in [3.8, 4) is 0 Å². The minimum atomic E-state index is -0.819. The lowest BCUT2D eigenvalue weighted by Gasteiger charge is -2.33. The summed E-state index contributed by atoms with van der Waals surface area (Å²) in [4.78, 5) is 4.38. The van der Waals surface area contributed by atoms with Crippen LogP contribution in [0.4, 0.5) is 0 Å². The first-order chi connectivity index (χ1) is 11.0. The summed E-state index contributed by atoms with van der Waals surface area (Å²) in [6, 6.07) is 0.474. The maximum atomic E-state index is 4.21. The highest BCUT2D eigenvalue weighted by molar-refractivity contribution is 7.77. The third-order valence-electron chi connectivity index (χ3n) is 4.73. The van der Waals surface area contributed by atoms with Gasteiger partial charge in [0.05, 0.1) is 25.3 Å². The van der Waals surface area contributed by atoms with Gasteiger partial charge in [-0.25, -0.2) is 0 Å². The second-order valence-electron chi connectivity index (χ2n) is 8.01. The summed E-state index contributed by atoms with van der Waals surface area (Å²) >= 11 is 0. The van der Waals surface area contributed by atoms with E-state index in [1.165, 1.54) is 25.4 Å². The van der Waals surface area contributed by atoms with Crippen molar-refractivity contribution < 1.29 is 0 Å². The predicted octanol–water partition coefficient (Wildman–Crippen LogP) is 6.25. The molecule has 0 aliphatic heterocycles. The summed E-state index contributed by atoms with van der Waals surface area (Å²) in [5.74, 6) is 4.37. The van der Waals surface area contributed by atoms with E-state index in [9.17, 15) is 0 Å². The average molecular weight is 354 g/mol. The number of allylic oxidation sites excluding steroid dienone is 2. The highest BCUT2D eigenvalue weighted by atomic mass is 31.2. The van der Waals surface area contributed by atoms with E-state index in [2.05, 4.69) is 96.5 Å². The monoisotopic (exact) mass is 353 g/mol. The minimum absolute atomic E-state index is 0.474. The molecule has 0 amide bonds. The Morgan fingerprint density at radius 2 is 1.75 bits per heavy atom. The Morgan fingerprint density at radius 3 is 2.21 bits per heavy atom. The van der Waals surface area contributed by atoms with E-state index in [1.54, 1.807) is 5.57 Å². The lowest BCUT2D eigenvalue weighted by molar-refractivity contribution is 0.253. The van der Waals surface area contributed by atoms with Crippen molar-refractivity contribution in [2.75, 3.05) is 33.6 Å².